The lowest BCUT2D eigenvalue weighted by molar-refractivity contribution is -0.155. The molecule has 5 rings (SSSR count). The average molecular weight is 1460 g/mol. The van der Waals surface area contributed by atoms with E-state index in [0.29, 0.717) is 32.4 Å². The molecule has 0 unspecified atom stereocenters. The third-order valence-corrected chi connectivity index (χ3v) is 20.7. The summed E-state index contributed by atoms with van der Waals surface area (Å²) in [4.78, 5) is 188. The van der Waals surface area contributed by atoms with E-state index in [-0.39, 0.29) is 56.0 Å². The number of piperidine rings is 1. The van der Waals surface area contributed by atoms with Crippen LogP contribution in [0.3, 0.4) is 0 Å². The van der Waals surface area contributed by atoms with Gasteiger partial charge in [0.1, 0.15) is 48.3 Å². The zero-order valence-corrected chi connectivity index (χ0v) is 62.3. The molecule has 0 spiro atoms. The molecular weight excluding hydrogens is 1350 g/mol. The van der Waals surface area contributed by atoms with Crippen molar-refractivity contribution in [2.45, 2.75) is 205 Å². The van der Waals surface area contributed by atoms with Crippen molar-refractivity contribution in [3.8, 4) is 0 Å². The van der Waals surface area contributed by atoms with E-state index in [1.54, 1.807) is 46.4 Å². The van der Waals surface area contributed by atoms with E-state index in [0.717, 1.165) is 91.0 Å². The number of halogens is 6. The maximum atomic E-state index is 15.3. The molecule has 12 amide bonds. The van der Waals surface area contributed by atoms with Gasteiger partial charge >= 0.3 is 6.18 Å². The first-order valence-electron chi connectivity index (χ1n) is 35.3. The zero-order chi connectivity index (χ0) is 75.9. The number of nitrogens with zero attached hydrogens (tertiary/aromatic N) is 10. The number of likely N-dealkylation sites (tertiary alicyclic amines) is 2. The average Bonchev–Trinajstić information content (AvgIpc) is 0.810. The van der Waals surface area contributed by atoms with Crippen molar-refractivity contribution < 1.29 is 79.5 Å². The Labute approximate surface area is 596 Å². The van der Waals surface area contributed by atoms with Crippen LogP contribution in [0.1, 0.15) is 149 Å². The molecular formula is C70H109ClF5N13O12. The van der Waals surface area contributed by atoms with E-state index < -0.39 is 193 Å². The second kappa shape index (κ2) is 37.3. The Morgan fingerprint density at radius 3 is 1.77 bits per heavy atom. The first kappa shape index (κ1) is 84.4. The number of rotatable bonds is 14. The minimum absolute atomic E-state index is 0.0305. The van der Waals surface area contributed by atoms with Gasteiger partial charge in [-0.3, -0.25) is 62.4 Å². The van der Waals surface area contributed by atoms with E-state index in [9.17, 15) is 60.3 Å². The third kappa shape index (κ3) is 23.1. The van der Waals surface area contributed by atoms with E-state index in [1.165, 1.54) is 73.1 Å². The maximum absolute atomic E-state index is 15.3. The van der Waals surface area contributed by atoms with Crippen LogP contribution in [0, 0.1) is 23.7 Å². The number of carbonyl (C=O) groups is 12. The fraction of sp³-hybridized carbons (Fsp3) is 0.743. The van der Waals surface area contributed by atoms with Gasteiger partial charge in [0, 0.05) is 76.0 Å². The molecule has 31 heteroatoms. The number of hydrogen-bond acceptors (Lipinski definition) is 13. The molecule has 25 nitrogen and oxygen atoms in total. The number of nitrogens with one attached hydrogen (secondary N) is 3. The number of alkyl halides is 5. The molecule has 1 saturated carbocycles. The molecule has 4 aliphatic rings. The summed E-state index contributed by atoms with van der Waals surface area (Å²) in [6.07, 6.45) is 0.433. The van der Waals surface area contributed by atoms with Gasteiger partial charge in [0.25, 0.3) is 5.92 Å². The zero-order valence-electron chi connectivity index (χ0n) is 61.6. The van der Waals surface area contributed by atoms with Crippen LogP contribution in [0.5, 0.6) is 0 Å². The fourth-order valence-corrected chi connectivity index (χ4v) is 13.9. The second-order valence-corrected chi connectivity index (χ2v) is 29.5. The summed E-state index contributed by atoms with van der Waals surface area (Å²) in [6, 6.07) is -8.22. The minimum atomic E-state index is -4.82. The lowest BCUT2D eigenvalue weighted by Gasteiger charge is -2.41. The minimum Gasteiger partial charge on any atom is -0.343 e. The molecule has 568 valence electrons. The smallest absolute Gasteiger partial charge is 0.343 e. The largest absolute Gasteiger partial charge is 0.417 e. The second-order valence-electron chi connectivity index (χ2n) is 29.1. The van der Waals surface area contributed by atoms with Crippen LogP contribution >= 0.6 is 11.6 Å². The molecule has 0 bridgehead atoms. The van der Waals surface area contributed by atoms with Gasteiger partial charge in [-0.1, -0.05) is 97.7 Å². The number of carbonyl (C=O) groups excluding carboxylic acids is 12. The summed E-state index contributed by atoms with van der Waals surface area (Å²) in [7, 11) is 10.6. The van der Waals surface area contributed by atoms with Crippen LogP contribution in [0.2, 0.25) is 5.02 Å². The van der Waals surface area contributed by atoms with Crippen molar-refractivity contribution in [1.82, 2.24) is 64.9 Å². The first-order chi connectivity index (χ1) is 47.1. The van der Waals surface area contributed by atoms with Gasteiger partial charge in [-0.25, -0.2) is 8.78 Å². The fourth-order valence-electron chi connectivity index (χ4n) is 13.6. The molecule has 3 heterocycles. The van der Waals surface area contributed by atoms with Gasteiger partial charge in [-0.2, -0.15) is 13.2 Å². The van der Waals surface area contributed by atoms with Gasteiger partial charge < -0.3 is 60.0 Å². The summed E-state index contributed by atoms with van der Waals surface area (Å²) >= 11 is 6.13. The van der Waals surface area contributed by atoms with Gasteiger partial charge in [0.2, 0.25) is 70.9 Å². The highest BCUT2D eigenvalue weighted by Crippen LogP contribution is 2.36. The number of hydrogen-bond donors (Lipinski definition) is 3. The predicted molar refractivity (Wildman–Crippen MR) is 368 cm³/mol. The van der Waals surface area contributed by atoms with Crippen LogP contribution in [-0.2, 0) is 70.1 Å². The van der Waals surface area contributed by atoms with Crippen LogP contribution in [0.25, 0.3) is 0 Å². The van der Waals surface area contributed by atoms with Crippen molar-refractivity contribution in [3.63, 3.8) is 0 Å². The van der Waals surface area contributed by atoms with Crippen molar-refractivity contribution in [3.05, 3.63) is 34.3 Å². The van der Waals surface area contributed by atoms with Crippen LogP contribution in [-0.4, -0.2) is 283 Å². The molecule has 1 aliphatic carbocycles. The molecule has 4 fully saturated rings. The highest BCUT2D eigenvalue weighted by Gasteiger charge is 2.47. The van der Waals surface area contributed by atoms with Crippen LogP contribution in [0.15, 0.2) is 18.2 Å². The maximum Gasteiger partial charge on any atom is 0.417 e. The van der Waals surface area contributed by atoms with Crippen LogP contribution in [0.4, 0.5) is 22.0 Å². The van der Waals surface area contributed by atoms with Crippen molar-refractivity contribution in [1.29, 1.82) is 0 Å². The SMILES string of the molecule is CC[C@H](C)[C@@H]1NC(=O)[C@H](C)N(C)C(=O)C[C@@H](C(=O)N2CCCCC2)N(C)C(=O)[C@@H](C(C)C)N(C)C(=O)[C@H](CC(C)C)NC(=O)[C@H](CCN2CC(F)(F)C2)N(C)C(=O)[C@H](CCc2ccc(C(F)(F)F)c(Cl)c2)NC(=O)CN(C)C(=O)[C@H](CC2CCCCC2)N(C)C(=O)CN(C)C(=O)CN(C)C1=O. The number of aryl methyl sites for hydroxylation is 1. The summed E-state index contributed by atoms with van der Waals surface area (Å²) in [5, 5.41) is 7.56. The van der Waals surface area contributed by atoms with Crippen molar-refractivity contribution in [2.24, 2.45) is 23.7 Å². The Bertz CT molecular complexity index is 3110. The molecule has 3 N–H and O–H groups in total. The first-order valence-corrected chi connectivity index (χ1v) is 35.7. The van der Waals surface area contributed by atoms with Crippen molar-refractivity contribution >= 4 is 82.5 Å². The Morgan fingerprint density at radius 1 is 0.624 bits per heavy atom. The van der Waals surface area contributed by atoms with Gasteiger partial charge in [0.05, 0.1) is 49.7 Å². The van der Waals surface area contributed by atoms with Gasteiger partial charge in [0.15, 0.2) is 0 Å². The van der Waals surface area contributed by atoms with Gasteiger partial charge in [-0.05, 0) is 99.7 Å². The van der Waals surface area contributed by atoms with E-state index in [2.05, 4.69) is 16.0 Å². The Morgan fingerprint density at radius 2 is 1.21 bits per heavy atom. The molecule has 0 radical (unpaired) electrons. The molecule has 3 aliphatic heterocycles. The molecule has 3 saturated heterocycles. The topological polar surface area (TPSA) is 273 Å². The van der Waals surface area contributed by atoms with E-state index in [1.807, 2.05) is 0 Å². The van der Waals surface area contributed by atoms with E-state index in [4.69, 9.17) is 11.6 Å². The highest BCUT2D eigenvalue weighted by atomic mass is 35.5. The molecule has 101 heavy (non-hydrogen) atoms. The monoisotopic (exact) mass is 1450 g/mol. The molecule has 9 atom stereocenters. The summed E-state index contributed by atoms with van der Waals surface area (Å²) < 4.78 is 70.4. The standard InChI is InChI=1S/C70H109ClF5N13O12/c1-16-44(6)59-67(100)82(10)38-57(92)80(8)39-58(93)84(12)53(35-46-23-19-17-20-24-46)65(98)81(9)37-55(90)77-50(28-26-47-25-27-48(49(71)34-47)70(74,75)76)63(96)85(13)52(29-32-88-40-69(72,73)41-88)62(95)78-51(33-42(2)3)64(97)87(15)60(43(4)5)68(101)86(14)54(66(99)89-30-21-18-22-31-89)36-56(91)83(11)45(7)61(94)79-59/h25,27,34,42-46,50-54,59-60H,16-24,26,28-33,35-41H2,1-15H3,(H,77,90)(H,78,95)(H,79,94)/t44-,45-,50-,51-,52-,53-,54-,59-,60+/m0/s1. The number of likely N-dealkylation sites (N-methyl/N-ethyl adjacent to an activating group) is 8. The summed E-state index contributed by atoms with van der Waals surface area (Å²) in [6.45, 7) is 9.03. The molecule has 1 aromatic rings. The Balaban J connectivity index is 1.64. The predicted octanol–water partition coefficient (Wildman–Crippen LogP) is 4.75. The number of benzene rings is 1. The Hall–Kier alpha value is -7.24. The quantitative estimate of drug-likeness (QED) is 0.213. The Kier molecular flexibility index (Phi) is 31.2. The third-order valence-electron chi connectivity index (χ3n) is 20.4. The highest BCUT2D eigenvalue weighted by molar-refractivity contribution is 6.31. The van der Waals surface area contributed by atoms with Crippen LogP contribution < -0.4 is 16.0 Å². The van der Waals surface area contributed by atoms with Crippen molar-refractivity contribution in [2.75, 3.05) is 109 Å². The van der Waals surface area contributed by atoms with E-state index >= 15 is 19.2 Å². The molecule has 1 aromatic carbocycles. The van der Waals surface area contributed by atoms with Gasteiger partial charge in [-0.15, -0.1) is 0 Å². The molecule has 0 aromatic heterocycles. The summed E-state index contributed by atoms with van der Waals surface area (Å²) in [5.41, 5.74) is -0.924. The lowest BCUT2D eigenvalue weighted by Crippen LogP contribution is -2.62. The number of amides is 12. The summed E-state index contributed by atoms with van der Waals surface area (Å²) in [5.74, 6) is -13.8. The normalized spacial score (nSPS) is 26.2. The lowest BCUT2D eigenvalue weighted by atomic mass is 9.84.